The van der Waals surface area contributed by atoms with E-state index in [4.69, 9.17) is 22.4 Å². The van der Waals surface area contributed by atoms with Gasteiger partial charge < -0.3 is 10.8 Å². The highest BCUT2D eigenvalue weighted by atomic mass is 35.5. The second-order valence-corrected chi connectivity index (χ2v) is 3.31. The van der Waals surface area contributed by atoms with Gasteiger partial charge in [0.1, 0.15) is 5.84 Å². The van der Waals surface area contributed by atoms with Crippen molar-refractivity contribution in [3.05, 3.63) is 29.3 Å². The monoisotopic (exact) mass is 226 g/mol. The van der Waals surface area contributed by atoms with E-state index in [1.54, 1.807) is 19.1 Å². The molecule has 0 radical (unpaired) electrons. The van der Waals surface area contributed by atoms with Gasteiger partial charge in [-0.25, -0.2) is 9.79 Å². The second-order valence-electron chi connectivity index (χ2n) is 3.04. The summed E-state index contributed by atoms with van der Waals surface area (Å²) in [6.07, 6.45) is 0. The van der Waals surface area contributed by atoms with Gasteiger partial charge in [-0.3, -0.25) is 0 Å². The van der Waals surface area contributed by atoms with E-state index in [1.165, 1.54) is 6.07 Å². The van der Waals surface area contributed by atoms with Crippen LogP contribution in [-0.4, -0.2) is 22.8 Å². The van der Waals surface area contributed by atoms with Crippen LogP contribution in [0.15, 0.2) is 23.2 Å². The van der Waals surface area contributed by atoms with E-state index in [0.29, 0.717) is 11.5 Å². The van der Waals surface area contributed by atoms with Crippen molar-refractivity contribution in [2.24, 2.45) is 10.7 Å². The number of halogens is 1. The van der Waals surface area contributed by atoms with Crippen molar-refractivity contribution in [3.63, 3.8) is 0 Å². The lowest BCUT2D eigenvalue weighted by Crippen LogP contribution is -2.12. The molecule has 1 aromatic carbocycles. The van der Waals surface area contributed by atoms with Crippen molar-refractivity contribution in [2.75, 3.05) is 5.88 Å². The summed E-state index contributed by atoms with van der Waals surface area (Å²) in [6, 6.07) is 4.64. The molecule has 80 valence electrons. The molecule has 0 aromatic heterocycles. The highest BCUT2D eigenvalue weighted by Crippen LogP contribution is 2.19. The van der Waals surface area contributed by atoms with Gasteiger partial charge in [-0.1, -0.05) is 0 Å². The third-order valence-electron chi connectivity index (χ3n) is 1.84. The third-order valence-corrected chi connectivity index (χ3v) is 2.12. The van der Waals surface area contributed by atoms with Crippen molar-refractivity contribution < 1.29 is 9.90 Å². The fraction of sp³-hybridized carbons (Fsp3) is 0.200. The van der Waals surface area contributed by atoms with E-state index in [9.17, 15) is 4.79 Å². The van der Waals surface area contributed by atoms with Gasteiger partial charge in [0, 0.05) is 0 Å². The lowest BCUT2D eigenvalue weighted by molar-refractivity contribution is 0.0697. The molecule has 0 atom stereocenters. The molecule has 0 heterocycles. The normalized spacial score (nSPS) is 11.5. The Labute approximate surface area is 92.4 Å². The molecule has 15 heavy (non-hydrogen) atoms. The number of hydrogen-bond acceptors (Lipinski definition) is 2. The largest absolute Gasteiger partial charge is 0.478 e. The van der Waals surface area contributed by atoms with E-state index in [1.807, 2.05) is 0 Å². The smallest absolute Gasteiger partial charge is 0.335 e. The first-order valence-electron chi connectivity index (χ1n) is 4.27. The number of alkyl halides is 1. The van der Waals surface area contributed by atoms with Gasteiger partial charge >= 0.3 is 5.97 Å². The molecule has 0 saturated carbocycles. The number of nitrogens with two attached hydrogens (primary N) is 1. The predicted octanol–water partition coefficient (Wildman–Crippen LogP) is 1.92. The summed E-state index contributed by atoms with van der Waals surface area (Å²) in [5, 5.41) is 8.75. The van der Waals surface area contributed by atoms with Crippen molar-refractivity contribution >= 4 is 29.1 Å². The third kappa shape index (κ3) is 2.95. The molecular formula is C10H11ClN2O2. The van der Waals surface area contributed by atoms with Gasteiger partial charge in [-0.15, -0.1) is 11.6 Å². The number of aryl methyl sites for hydroxylation is 1. The minimum Gasteiger partial charge on any atom is -0.478 e. The van der Waals surface area contributed by atoms with Crippen LogP contribution in [0.5, 0.6) is 0 Å². The molecule has 1 rings (SSSR count). The highest BCUT2D eigenvalue weighted by molar-refractivity contribution is 6.28. The standard InChI is InChI=1S/C10H11ClN2O2/c1-6-4-7(10(14)15)2-3-8(6)13-9(12)5-11/h2-4H,5H2,1H3,(H2,12,13)(H,14,15). The molecule has 0 aliphatic heterocycles. The van der Waals surface area contributed by atoms with Gasteiger partial charge in [-0.05, 0) is 30.7 Å². The summed E-state index contributed by atoms with van der Waals surface area (Å²) >= 11 is 5.49. The first-order valence-corrected chi connectivity index (χ1v) is 4.81. The fourth-order valence-electron chi connectivity index (χ4n) is 1.10. The molecule has 0 amide bonds. The number of hydrogen-bond donors (Lipinski definition) is 2. The Morgan fingerprint density at radius 2 is 2.27 bits per heavy atom. The minimum atomic E-state index is -0.959. The first kappa shape index (κ1) is 11.5. The first-order chi connectivity index (χ1) is 7.04. The van der Waals surface area contributed by atoms with Crippen LogP contribution in [0.3, 0.4) is 0 Å². The van der Waals surface area contributed by atoms with Crippen molar-refractivity contribution in [1.82, 2.24) is 0 Å². The second kappa shape index (κ2) is 4.79. The summed E-state index contributed by atoms with van der Waals surface area (Å²) < 4.78 is 0. The molecule has 3 N–H and O–H groups in total. The maximum absolute atomic E-state index is 10.7. The van der Waals surface area contributed by atoms with E-state index in [0.717, 1.165) is 5.56 Å². The van der Waals surface area contributed by atoms with Crippen molar-refractivity contribution in [3.8, 4) is 0 Å². The van der Waals surface area contributed by atoms with Crippen LogP contribution in [0.2, 0.25) is 0 Å². The molecule has 0 fully saturated rings. The number of carboxylic acid groups (broad SMARTS) is 1. The maximum Gasteiger partial charge on any atom is 0.335 e. The highest BCUT2D eigenvalue weighted by Gasteiger charge is 2.05. The number of rotatable bonds is 3. The molecule has 0 saturated heterocycles. The fourth-order valence-corrected chi connectivity index (χ4v) is 1.16. The zero-order chi connectivity index (χ0) is 11.4. The SMILES string of the molecule is Cc1cc(C(=O)O)ccc1N=C(N)CCl. The van der Waals surface area contributed by atoms with E-state index in [2.05, 4.69) is 4.99 Å². The number of benzene rings is 1. The number of nitrogens with zero attached hydrogens (tertiary/aromatic N) is 1. The molecule has 0 aliphatic carbocycles. The molecule has 4 nitrogen and oxygen atoms in total. The molecule has 0 spiro atoms. The van der Waals surface area contributed by atoms with Crippen LogP contribution in [0.4, 0.5) is 5.69 Å². The van der Waals surface area contributed by atoms with Gasteiger partial charge in [0.05, 0.1) is 17.1 Å². The number of aromatic carboxylic acids is 1. The Morgan fingerprint density at radius 3 is 2.73 bits per heavy atom. The Kier molecular flexibility index (Phi) is 3.68. The molecule has 0 unspecified atom stereocenters. The van der Waals surface area contributed by atoms with Crippen LogP contribution < -0.4 is 5.73 Å². The Bertz CT molecular complexity index is 416. The number of carboxylic acids is 1. The Balaban J connectivity index is 3.09. The van der Waals surface area contributed by atoms with Crippen molar-refractivity contribution in [2.45, 2.75) is 6.92 Å². The average molecular weight is 227 g/mol. The van der Waals surface area contributed by atoms with Gasteiger partial charge in [0.25, 0.3) is 0 Å². The summed E-state index contributed by atoms with van der Waals surface area (Å²) in [7, 11) is 0. The minimum absolute atomic E-state index is 0.153. The predicted molar refractivity (Wildman–Crippen MR) is 60.1 cm³/mol. The van der Waals surface area contributed by atoms with Crippen LogP contribution in [0.25, 0.3) is 0 Å². The van der Waals surface area contributed by atoms with Gasteiger partial charge in [0.15, 0.2) is 0 Å². The van der Waals surface area contributed by atoms with Gasteiger partial charge in [0.2, 0.25) is 0 Å². The zero-order valence-electron chi connectivity index (χ0n) is 8.20. The zero-order valence-corrected chi connectivity index (χ0v) is 8.95. The van der Waals surface area contributed by atoms with E-state index >= 15 is 0 Å². The molecule has 5 heteroatoms. The van der Waals surface area contributed by atoms with E-state index < -0.39 is 5.97 Å². The number of aliphatic imine (C=N–C) groups is 1. The van der Waals surface area contributed by atoms with Crippen LogP contribution in [-0.2, 0) is 0 Å². The maximum atomic E-state index is 10.7. The molecular weight excluding hydrogens is 216 g/mol. The molecule has 0 aliphatic rings. The van der Waals surface area contributed by atoms with Crippen LogP contribution in [0, 0.1) is 6.92 Å². The summed E-state index contributed by atoms with van der Waals surface area (Å²) in [6.45, 7) is 1.77. The number of amidine groups is 1. The van der Waals surface area contributed by atoms with Gasteiger partial charge in [-0.2, -0.15) is 0 Å². The summed E-state index contributed by atoms with van der Waals surface area (Å²) in [5.41, 5.74) is 7.10. The summed E-state index contributed by atoms with van der Waals surface area (Å²) in [5.74, 6) is -0.498. The molecule has 1 aromatic rings. The lowest BCUT2D eigenvalue weighted by atomic mass is 10.1. The quantitative estimate of drug-likeness (QED) is 0.470. The molecule has 0 bridgehead atoms. The number of carbonyl (C=O) groups is 1. The lowest BCUT2D eigenvalue weighted by Gasteiger charge is -2.02. The Hall–Kier alpha value is -1.55. The van der Waals surface area contributed by atoms with E-state index in [-0.39, 0.29) is 11.4 Å². The van der Waals surface area contributed by atoms with Crippen LogP contribution in [0.1, 0.15) is 15.9 Å². The average Bonchev–Trinajstić information content (AvgIpc) is 2.20. The van der Waals surface area contributed by atoms with Crippen LogP contribution >= 0.6 is 11.6 Å². The Morgan fingerprint density at radius 1 is 1.60 bits per heavy atom. The topological polar surface area (TPSA) is 75.7 Å². The summed E-state index contributed by atoms with van der Waals surface area (Å²) in [4.78, 5) is 14.7. The van der Waals surface area contributed by atoms with Crippen molar-refractivity contribution in [1.29, 1.82) is 0 Å².